The Morgan fingerprint density at radius 2 is 1.77 bits per heavy atom. The monoisotopic (exact) mass is 587 g/mol. The normalized spacial score (nSPS) is 18.6. The summed E-state index contributed by atoms with van der Waals surface area (Å²) in [5.74, 6) is 6.72. The van der Waals surface area contributed by atoms with Gasteiger partial charge in [0.2, 0.25) is 0 Å². The third-order valence-corrected chi connectivity index (χ3v) is 10.6. The number of hydrogen-bond acceptors (Lipinski definition) is 9. The van der Waals surface area contributed by atoms with Crippen LogP contribution >= 0.6 is 35.0 Å². The molecular formula is C21H33Cl2N2O7S2Si. The van der Waals surface area contributed by atoms with Gasteiger partial charge in [-0.2, -0.15) is 30.4 Å². The summed E-state index contributed by atoms with van der Waals surface area (Å²) in [6.07, 6.45) is 4.21. The summed E-state index contributed by atoms with van der Waals surface area (Å²) in [5, 5.41) is 2.28. The zero-order valence-corrected chi connectivity index (χ0v) is 24.0. The molecule has 0 heterocycles. The third kappa shape index (κ3) is 9.67. The van der Waals surface area contributed by atoms with Crippen LogP contribution in [-0.2, 0) is 23.3 Å². The standard InChI is InChI=1S/C21H33Cl2N2O7S2Si/c1-29-35(30-2)12-6-11-33-10-5-9-31-20-16(22)13-15(14-17(20)23)21(26)25-18-7-3-4-8-19(18)34(27,28)32-24/h13-14,18-19H,3-12,24H2,1-2H3,(H,25,26)/t18-,19-/m0/s1. The zero-order chi connectivity index (χ0) is 25.8. The summed E-state index contributed by atoms with van der Waals surface area (Å²) in [6, 6.07) is 3.25. The predicted octanol–water partition coefficient (Wildman–Crippen LogP) is 3.93. The van der Waals surface area contributed by atoms with Gasteiger partial charge in [-0.1, -0.05) is 36.0 Å². The molecule has 1 saturated carbocycles. The first-order valence-corrected chi connectivity index (χ1v) is 16.2. The minimum Gasteiger partial charge on any atom is -0.490 e. The molecule has 1 aliphatic carbocycles. The van der Waals surface area contributed by atoms with Gasteiger partial charge in [-0.3, -0.25) is 4.79 Å². The first-order chi connectivity index (χ1) is 16.7. The average Bonchev–Trinajstić information content (AvgIpc) is 2.84. The van der Waals surface area contributed by atoms with Crippen molar-refractivity contribution in [3.8, 4) is 5.75 Å². The van der Waals surface area contributed by atoms with Crippen molar-refractivity contribution in [2.75, 3.05) is 32.3 Å². The third-order valence-electron chi connectivity index (χ3n) is 5.59. The van der Waals surface area contributed by atoms with E-state index in [2.05, 4.69) is 9.60 Å². The number of nitrogens with one attached hydrogen (secondary N) is 1. The molecule has 9 nitrogen and oxygen atoms in total. The molecule has 0 spiro atoms. The maximum Gasteiger partial charge on any atom is 0.384 e. The molecule has 0 aliphatic heterocycles. The molecule has 1 amide bonds. The van der Waals surface area contributed by atoms with Crippen molar-refractivity contribution >= 4 is 60.3 Å². The van der Waals surface area contributed by atoms with Crippen molar-refractivity contribution in [2.45, 2.75) is 55.9 Å². The van der Waals surface area contributed by atoms with Crippen molar-refractivity contribution < 1.29 is 31.1 Å². The lowest BCUT2D eigenvalue weighted by Gasteiger charge is -2.30. The lowest BCUT2D eigenvalue weighted by Crippen LogP contribution is -2.49. The molecule has 1 aromatic rings. The minimum atomic E-state index is -3.97. The van der Waals surface area contributed by atoms with Crippen LogP contribution in [-0.4, -0.2) is 67.2 Å². The number of carbonyl (C=O) groups is 1. The van der Waals surface area contributed by atoms with Gasteiger partial charge < -0.3 is 18.9 Å². The fourth-order valence-corrected chi connectivity index (χ4v) is 7.77. The molecule has 35 heavy (non-hydrogen) atoms. The maximum atomic E-state index is 12.8. The number of carbonyl (C=O) groups excluding carboxylic acids is 1. The summed E-state index contributed by atoms with van der Waals surface area (Å²) in [5.41, 5.74) is 0.214. The molecule has 3 N–H and O–H groups in total. The average molecular weight is 589 g/mol. The van der Waals surface area contributed by atoms with E-state index in [1.807, 2.05) is 11.8 Å². The zero-order valence-electron chi connectivity index (χ0n) is 19.9. The Morgan fingerprint density at radius 1 is 1.14 bits per heavy atom. The van der Waals surface area contributed by atoms with E-state index < -0.39 is 36.6 Å². The molecule has 1 aromatic carbocycles. The fraction of sp³-hybridized carbons (Fsp3) is 0.667. The van der Waals surface area contributed by atoms with Crippen LogP contribution in [0.2, 0.25) is 16.1 Å². The van der Waals surface area contributed by atoms with Gasteiger partial charge in [0.1, 0.15) is 5.25 Å². The molecule has 0 bridgehead atoms. The van der Waals surface area contributed by atoms with Crippen LogP contribution in [0.4, 0.5) is 0 Å². The van der Waals surface area contributed by atoms with Crippen LogP contribution in [0.1, 0.15) is 48.9 Å². The summed E-state index contributed by atoms with van der Waals surface area (Å²) in [7, 11) is -1.74. The van der Waals surface area contributed by atoms with Crippen molar-refractivity contribution in [1.82, 2.24) is 5.32 Å². The molecule has 2 rings (SSSR count). The molecule has 1 radical (unpaired) electrons. The summed E-state index contributed by atoms with van der Waals surface area (Å²) < 4.78 is 44.7. The van der Waals surface area contributed by atoms with Crippen LogP contribution in [0, 0.1) is 0 Å². The van der Waals surface area contributed by atoms with Crippen molar-refractivity contribution in [1.29, 1.82) is 0 Å². The number of thioether (sulfide) groups is 1. The Bertz CT molecular complexity index is 900. The van der Waals surface area contributed by atoms with Crippen LogP contribution in [0.15, 0.2) is 12.1 Å². The quantitative estimate of drug-likeness (QED) is 0.178. The highest BCUT2D eigenvalue weighted by Gasteiger charge is 2.37. The van der Waals surface area contributed by atoms with Gasteiger partial charge >= 0.3 is 9.28 Å². The van der Waals surface area contributed by atoms with Gasteiger partial charge in [0.15, 0.2) is 5.75 Å². The Balaban J connectivity index is 1.84. The molecule has 0 unspecified atom stereocenters. The minimum absolute atomic E-state index is 0.210. The highest BCUT2D eigenvalue weighted by atomic mass is 35.5. The Labute approximate surface area is 223 Å². The predicted molar refractivity (Wildman–Crippen MR) is 141 cm³/mol. The molecule has 0 aromatic heterocycles. The van der Waals surface area contributed by atoms with Crippen molar-refractivity contribution in [3.63, 3.8) is 0 Å². The van der Waals surface area contributed by atoms with E-state index in [9.17, 15) is 13.2 Å². The van der Waals surface area contributed by atoms with E-state index in [1.54, 1.807) is 14.2 Å². The largest absolute Gasteiger partial charge is 0.490 e. The number of rotatable bonds is 15. The topological polar surface area (TPSA) is 126 Å². The number of nitrogens with two attached hydrogens (primary N) is 1. The fourth-order valence-electron chi connectivity index (χ4n) is 3.80. The molecule has 14 heteroatoms. The van der Waals surface area contributed by atoms with E-state index in [1.165, 1.54) is 12.1 Å². The number of halogens is 2. The lowest BCUT2D eigenvalue weighted by molar-refractivity contribution is 0.0927. The molecular weight excluding hydrogens is 555 g/mol. The van der Waals surface area contributed by atoms with Gasteiger partial charge in [-0.25, -0.2) is 0 Å². The van der Waals surface area contributed by atoms with Gasteiger partial charge in [-0.05, 0) is 55.4 Å². The van der Waals surface area contributed by atoms with E-state index >= 15 is 0 Å². The van der Waals surface area contributed by atoms with Crippen LogP contribution in [0.5, 0.6) is 5.75 Å². The molecule has 2 atom stereocenters. The SMILES string of the molecule is CO[Si](CCCSCCCOc1c(Cl)cc(C(=O)N[C@H]2CCCC[C@@H]2S(=O)(=O)ON)cc1Cl)OC. The van der Waals surface area contributed by atoms with Crippen LogP contribution < -0.4 is 16.0 Å². The lowest BCUT2D eigenvalue weighted by atomic mass is 9.94. The van der Waals surface area contributed by atoms with E-state index in [0.29, 0.717) is 31.6 Å². The number of benzene rings is 1. The second-order valence-corrected chi connectivity index (χ2v) is 13.8. The first-order valence-electron chi connectivity index (χ1n) is 11.3. The van der Waals surface area contributed by atoms with Gasteiger partial charge in [0.05, 0.1) is 16.7 Å². The second kappa shape index (κ2) is 15.6. The maximum absolute atomic E-state index is 12.8. The number of ether oxygens (including phenoxy) is 1. The highest BCUT2D eigenvalue weighted by Crippen LogP contribution is 2.35. The summed E-state index contributed by atoms with van der Waals surface area (Å²) >= 11 is 14.5. The van der Waals surface area contributed by atoms with Crippen molar-refractivity contribution in [3.05, 3.63) is 27.7 Å². The molecule has 0 saturated heterocycles. The Morgan fingerprint density at radius 3 is 2.40 bits per heavy atom. The molecule has 1 fully saturated rings. The van der Waals surface area contributed by atoms with Gasteiger partial charge in [-0.15, -0.1) is 0 Å². The van der Waals surface area contributed by atoms with Crippen LogP contribution in [0.3, 0.4) is 0 Å². The van der Waals surface area contributed by atoms with E-state index in [-0.39, 0.29) is 15.6 Å². The van der Waals surface area contributed by atoms with E-state index in [4.69, 9.17) is 42.7 Å². The smallest absolute Gasteiger partial charge is 0.384 e. The number of hydrogen-bond donors (Lipinski definition) is 2. The Hall–Kier alpha value is -0.573. The summed E-state index contributed by atoms with van der Waals surface area (Å²) in [4.78, 5) is 12.8. The van der Waals surface area contributed by atoms with Crippen LogP contribution in [0.25, 0.3) is 0 Å². The number of amides is 1. The van der Waals surface area contributed by atoms with E-state index in [0.717, 1.165) is 36.8 Å². The first kappa shape index (κ1) is 30.6. The molecule has 199 valence electrons. The van der Waals surface area contributed by atoms with Gasteiger partial charge in [0, 0.05) is 25.8 Å². The van der Waals surface area contributed by atoms with Crippen molar-refractivity contribution in [2.24, 2.45) is 5.90 Å². The molecule has 1 aliphatic rings. The second-order valence-electron chi connectivity index (χ2n) is 7.96. The summed E-state index contributed by atoms with van der Waals surface area (Å²) in [6.45, 7) is 0.434. The highest BCUT2D eigenvalue weighted by molar-refractivity contribution is 7.99. The van der Waals surface area contributed by atoms with Gasteiger partial charge in [0.25, 0.3) is 16.0 Å². The Kier molecular flexibility index (Phi) is 13.7.